The highest BCUT2D eigenvalue weighted by atomic mass is 16.5. The van der Waals surface area contributed by atoms with Crippen LogP contribution in [-0.2, 0) is 19.1 Å². The number of hydrogen-bond acceptors (Lipinski definition) is 5. The van der Waals surface area contributed by atoms with Crippen molar-refractivity contribution in [2.24, 2.45) is 11.7 Å². The fourth-order valence-corrected chi connectivity index (χ4v) is 0.871. The number of carbonyl (C=O) groups excluding carboxylic acids is 2. The summed E-state index contributed by atoms with van der Waals surface area (Å²) in [5.41, 5.74) is 5.25. The van der Waals surface area contributed by atoms with E-state index in [4.69, 9.17) is 10.8 Å². The van der Waals surface area contributed by atoms with Crippen LogP contribution in [0, 0.1) is 5.92 Å². The second-order valence-corrected chi connectivity index (χ2v) is 3.32. The van der Waals surface area contributed by atoms with Gasteiger partial charge in [-0.25, -0.2) is 4.79 Å². The minimum absolute atomic E-state index is 0.108. The molecule has 0 saturated heterocycles. The molecule has 0 spiro atoms. The van der Waals surface area contributed by atoms with Crippen molar-refractivity contribution in [3.8, 4) is 0 Å². The standard InChI is InChI=1S/C9H16N2O5/c1-5(4-10)8(13)11-6(9(14)15)3-7(12)16-2/h5-6H,3-4,10H2,1-2H3,(H,11,13)(H,14,15)/t5?,6-/m0/s1. The number of rotatable bonds is 6. The maximum atomic E-state index is 11.4. The Morgan fingerprint density at radius 3 is 2.38 bits per heavy atom. The van der Waals surface area contributed by atoms with E-state index in [1.807, 2.05) is 0 Å². The van der Waals surface area contributed by atoms with Gasteiger partial charge in [0.15, 0.2) is 0 Å². The molecule has 0 saturated carbocycles. The van der Waals surface area contributed by atoms with Gasteiger partial charge in [-0.3, -0.25) is 9.59 Å². The molecule has 0 aliphatic heterocycles. The van der Waals surface area contributed by atoms with Crippen LogP contribution >= 0.6 is 0 Å². The van der Waals surface area contributed by atoms with E-state index in [-0.39, 0.29) is 6.54 Å². The SMILES string of the molecule is COC(=O)C[C@H](NC(=O)C(C)CN)C(=O)O. The van der Waals surface area contributed by atoms with Crippen LogP contribution in [0.1, 0.15) is 13.3 Å². The summed E-state index contributed by atoms with van der Waals surface area (Å²) >= 11 is 0. The molecule has 92 valence electrons. The van der Waals surface area contributed by atoms with Gasteiger partial charge in [0.2, 0.25) is 5.91 Å². The van der Waals surface area contributed by atoms with Gasteiger partial charge in [0, 0.05) is 12.5 Å². The minimum atomic E-state index is -1.29. The third-order valence-electron chi connectivity index (χ3n) is 2.01. The first-order valence-electron chi connectivity index (χ1n) is 4.72. The topological polar surface area (TPSA) is 119 Å². The van der Waals surface area contributed by atoms with E-state index >= 15 is 0 Å². The van der Waals surface area contributed by atoms with Gasteiger partial charge >= 0.3 is 11.9 Å². The van der Waals surface area contributed by atoms with Gasteiger partial charge in [0.25, 0.3) is 0 Å². The van der Waals surface area contributed by atoms with E-state index < -0.39 is 36.2 Å². The maximum Gasteiger partial charge on any atom is 0.326 e. The molecule has 7 heteroatoms. The summed E-state index contributed by atoms with van der Waals surface area (Å²) in [6, 6.07) is -1.28. The summed E-state index contributed by atoms with van der Waals surface area (Å²) < 4.78 is 4.32. The molecule has 0 aromatic heterocycles. The number of amides is 1. The van der Waals surface area contributed by atoms with E-state index in [1.165, 1.54) is 0 Å². The van der Waals surface area contributed by atoms with Crippen molar-refractivity contribution < 1.29 is 24.2 Å². The molecular formula is C9H16N2O5. The predicted octanol–water partition coefficient (Wildman–Crippen LogP) is -1.29. The van der Waals surface area contributed by atoms with Crippen molar-refractivity contribution in [2.45, 2.75) is 19.4 Å². The molecule has 16 heavy (non-hydrogen) atoms. The maximum absolute atomic E-state index is 11.4. The molecule has 0 aromatic carbocycles. The molecule has 0 aliphatic rings. The zero-order chi connectivity index (χ0) is 12.7. The lowest BCUT2D eigenvalue weighted by Gasteiger charge is -2.15. The van der Waals surface area contributed by atoms with Crippen LogP contribution in [0.4, 0.5) is 0 Å². The fraction of sp³-hybridized carbons (Fsp3) is 0.667. The Hall–Kier alpha value is -1.63. The lowest BCUT2D eigenvalue weighted by molar-refractivity contribution is -0.149. The van der Waals surface area contributed by atoms with Crippen LogP contribution in [0.2, 0.25) is 0 Å². The van der Waals surface area contributed by atoms with Gasteiger partial charge in [0.1, 0.15) is 6.04 Å². The lowest BCUT2D eigenvalue weighted by Crippen LogP contribution is -2.45. The quantitative estimate of drug-likeness (QED) is 0.490. The van der Waals surface area contributed by atoms with Crippen LogP contribution in [-0.4, -0.2) is 42.6 Å². The molecule has 0 aliphatic carbocycles. The number of nitrogens with one attached hydrogen (secondary N) is 1. The molecular weight excluding hydrogens is 216 g/mol. The number of esters is 1. The normalized spacial score (nSPS) is 13.7. The molecule has 0 rings (SSSR count). The van der Waals surface area contributed by atoms with Crippen molar-refractivity contribution in [1.29, 1.82) is 0 Å². The van der Waals surface area contributed by atoms with Gasteiger partial charge in [-0.1, -0.05) is 6.92 Å². The van der Waals surface area contributed by atoms with Crippen molar-refractivity contribution >= 4 is 17.8 Å². The molecule has 1 amide bonds. The molecule has 1 unspecified atom stereocenters. The molecule has 0 fully saturated rings. The highest BCUT2D eigenvalue weighted by Gasteiger charge is 2.25. The van der Waals surface area contributed by atoms with Crippen molar-refractivity contribution in [3.05, 3.63) is 0 Å². The summed E-state index contributed by atoms with van der Waals surface area (Å²) in [5.74, 6) is -2.99. The Morgan fingerprint density at radius 1 is 1.44 bits per heavy atom. The largest absolute Gasteiger partial charge is 0.480 e. The molecule has 0 aromatic rings. The highest BCUT2D eigenvalue weighted by molar-refractivity contribution is 5.88. The van der Waals surface area contributed by atoms with Gasteiger partial charge < -0.3 is 20.9 Å². The zero-order valence-corrected chi connectivity index (χ0v) is 9.23. The molecule has 4 N–H and O–H groups in total. The molecule has 0 heterocycles. The van der Waals surface area contributed by atoms with Crippen LogP contribution in [0.25, 0.3) is 0 Å². The van der Waals surface area contributed by atoms with Crippen LogP contribution in [0.3, 0.4) is 0 Å². The van der Waals surface area contributed by atoms with E-state index in [9.17, 15) is 14.4 Å². The number of nitrogens with two attached hydrogens (primary N) is 1. The number of carboxylic acids is 1. The third-order valence-corrected chi connectivity index (χ3v) is 2.01. The third kappa shape index (κ3) is 4.74. The number of hydrogen-bond donors (Lipinski definition) is 3. The van der Waals surface area contributed by atoms with Gasteiger partial charge in [-0.15, -0.1) is 0 Å². The number of methoxy groups -OCH3 is 1. The Bertz CT molecular complexity index is 279. The molecule has 2 atom stereocenters. The monoisotopic (exact) mass is 232 g/mol. The summed E-state index contributed by atoms with van der Waals surface area (Å²) in [6.07, 6.45) is -0.408. The van der Waals surface area contributed by atoms with E-state index in [0.29, 0.717) is 0 Å². The predicted molar refractivity (Wildman–Crippen MR) is 54.4 cm³/mol. The van der Waals surface area contributed by atoms with Gasteiger partial charge in [0.05, 0.1) is 13.5 Å². The summed E-state index contributed by atoms with van der Waals surface area (Å²) in [4.78, 5) is 33.0. The summed E-state index contributed by atoms with van der Waals surface area (Å²) in [7, 11) is 1.14. The first-order chi connectivity index (χ1) is 7.42. The van der Waals surface area contributed by atoms with Crippen LogP contribution in [0.15, 0.2) is 0 Å². The highest BCUT2D eigenvalue weighted by Crippen LogP contribution is 1.98. The Labute approximate surface area is 92.9 Å². The van der Waals surface area contributed by atoms with Crippen molar-refractivity contribution in [1.82, 2.24) is 5.32 Å². The number of ether oxygens (including phenoxy) is 1. The summed E-state index contributed by atoms with van der Waals surface area (Å²) in [5, 5.41) is 11.0. The second-order valence-electron chi connectivity index (χ2n) is 3.32. The average Bonchev–Trinajstić information content (AvgIpc) is 2.26. The van der Waals surface area contributed by atoms with Crippen LogP contribution in [0.5, 0.6) is 0 Å². The van der Waals surface area contributed by atoms with E-state index in [2.05, 4.69) is 10.1 Å². The Kier molecular flexibility index (Phi) is 6.09. The fourth-order valence-electron chi connectivity index (χ4n) is 0.871. The minimum Gasteiger partial charge on any atom is -0.480 e. The van der Waals surface area contributed by atoms with Crippen molar-refractivity contribution in [2.75, 3.05) is 13.7 Å². The Morgan fingerprint density at radius 2 is 2.00 bits per heavy atom. The van der Waals surface area contributed by atoms with Crippen molar-refractivity contribution in [3.63, 3.8) is 0 Å². The second kappa shape index (κ2) is 6.78. The first kappa shape index (κ1) is 14.4. The number of aliphatic carboxylic acids is 1. The molecule has 0 radical (unpaired) electrons. The first-order valence-corrected chi connectivity index (χ1v) is 4.72. The smallest absolute Gasteiger partial charge is 0.326 e. The molecule has 7 nitrogen and oxygen atoms in total. The van der Waals surface area contributed by atoms with Crippen LogP contribution < -0.4 is 11.1 Å². The average molecular weight is 232 g/mol. The Balaban J connectivity index is 4.40. The lowest BCUT2D eigenvalue weighted by atomic mass is 10.1. The van der Waals surface area contributed by atoms with Gasteiger partial charge in [-0.05, 0) is 0 Å². The van der Waals surface area contributed by atoms with Gasteiger partial charge in [-0.2, -0.15) is 0 Å². The number of carbonyl (C=O) groups is 3. The molecule has 0 bridgehead atoms. The summed E-state index contributed by atoms with van der Waals surface area (Å²) in [6.45, 7) is 1.67. The van der Waals surface area contributed by atoms with E-state index in [0.717, 1.165) is 7.11 Å². The zero-order valence-electron chi connectivity index (χ0n) is 9.23. The van der Waals surface area contributed by atoms with E-state index in [1.54, 1.807) is 6.92 Å². The number of carboxylic acid groups (broad SMARTS) is 1.